The molecule has 0 saturated carbocycles. The Labute approximate surface area is 277 Å². The van der Waals surface area contributed by atoms with Gasteiger partial charge in [0.15, 0.2) is 23.0 Å². The van der Waals surface area contributed by atoms with Crippen LogP contribution in [-0.4, -0.2) is 62.6 Å². The Morgan fingerprint density at radius 2 is 1.49 bits per heavy atom. The van der Waals surface area contributed by atoms with E-state index in [1.165, 1.54) is 0 Å². The first-order chi connectivity index (χ1) is 21.5. The lowest BCUT2D eigenvalue weighted by Gasteiger charge is -2.29. The Kier molecular flexibility index (Phi) is 11.8. The van der Waals surface area contributed by atoms with E-state index in [4.69, 9.17) is 28.4 Å². The van der Waals surface area contributed by atoms with Crippen molar-refractivity contribution in [1.82, 2.24) is 5.06 Å². The lowest BCUT2D eigenvalue weighted by Crippen LogP contribution is -2.45. The molecule has 1 fully saturated rings. The highest BCUT2D eigenvalue weighted by Gasteiger charge is 2.32. The van der Waals surface area contributed by atoms with E-state index < -0.39 is 11.6 Å². The predicted octanol–water partition coefficient (Wildman–Crippen LogP) is 8.27. The number of ether oxygens (including phenoxy) is 6. The smallest absolute Gasteiger partial charge is 0.346 e. The maximum absolute atomic E-state index is 13.1. The third kappa shape index (κ3) is 8.29. The van der Waals surface area contributed by atoms with Crippen molar-refractivity contribution in [3.05, 3.63) is 64.1 Å². The van der Waals surface area contributed by atoms with Crippen molar-refractivity contribution in [2.45, 2.75) is 56.3 Å². The minimum atomic E-state index is -0.825. The zero-order valence-corrected chi connectivity index (χ0v) is 29.0. The van der Waals surface area contributed by atoms with Gasteiger partial charge in [0.05, 0.1) is 58.5 Å². The maximum atomic E-state index is 13.1. The number of rotatable bonds is 12. The Balaban J connectivity index is 1.60. The minimum absolute atomic E-state index is 0.230. The molecule has 1 saturated heterocycles. The van der Waals surface area contributed by atoms with Crippen molar-refractivity contribution in [3.63, 3.8) is 0 Å². The second kappa shape index (κ2) is 15.3. The number of urea groups is 1. The standard InChI is InChI=1S/C33H41BrN2O8S/c1-33(2,3)36(38)32(37)35-23-16-20(17-26(39-4)30(23)43-14-15-45-29-11-9-8-10-22(29)34)24-12-13-25(44-24)21-18-27(40-5)31(42-7)28(19-21)41-6/h8-11,16-19,24-25,38H,12-15H2,1-7H3,(H,35,37). The molecule has 45 heavy (non-hydrogen) atoms. The van der Waals surface area contributed by atoms with E-state index in [9.17, 15) is 10.0 Å². The Morgan fingerprint density at radius 3 is 2.02 bits per heavy atom. The summed E-state index contributed by atoms with van der Waals surface area (Å²) in [6.45, 7) is 5.54. The summed E-state index contributed by atoms with van der Waals surface area (Å²) in [4.78, 5) is 14.2. The van der Waals surface area contributed by atoms with Crippen LogP contribution in [-0.2, 0) is 4.74 Å². The van der Waals surface area contributed by atoms with Crippen LogP contribution in [0.4, 0.5) is 10.5 Å². The molecule has 2 unspecified atom stereocenters. The van der Waals surface area contributed by atoms with Crippen LogP contribution < -0.4 is 29.0 Å². The molecule has 0 radical (unpaired) electrons. The highest BCUT2D eigenvalue weighted by molar-refractivity contribution is 9.10. The summed E-state index contributed by atoms with van der Waals surface area (Å²) in [7, 11) is 6.28. The molecular formula is C33H41BrN2O8S. The molecule has 12 heteroatoms. The molecule has 0 aliphatic carbocycles. The van der Waals surface area contributed by atoms with Crippen LogP contribution in [0.15, 0.2) is 57.9 Å². The molecule has 0 aromatic heterocycles. The van der Waals surface area contributed by atoms with Crippen molar-refractivity contribution >= 4 is 39.4 Å². The highest BCUT2D eigenvalue weighted by atomic mass is 79.9. The number of benzene rings is 3. The second-order valence-electron chi connectivity index (χ2n) is 11.3. The van der Waals surface area contributed by atoms with Gasteiger partial charge in [-0.05, 0) is 97.1 Å². The molecule has 1 aliphatic rings. The monoisotopic (exact) mass is 704 g/mol. The van der Waals surface area contributed by atoms with Crippen molar-refractivity contribution in [3.8, 4) is 28.7 Å². The molecule has 4 rings (SSSR count). The van der Waals surface area contributed by atoms with Crippen LogP contribution >= 0.6 is 27.7 Å². The van der Waals surface area contributed by atoms with Gasteiger partial charge >= 0.3 is 6.03 Å². The topological polar surface area (TPSA) is 108 Å². The first-order valence-electron chi connectivity index (χ1n) is 14.5. The van der Waals surface area contributed by atoms with Crippen molar-refractivity contribution in [2.24, 2.45) is 0 Å². The zero-order chi connectivity index (χ0) is 32.7. The third-order valence-corrected chi connectivity index (χ3v) is 9.23. The summed E-state index contributed by atoms with van der Waals surface area (Å²) in [5, 5.41) is 14.0. The van der Waals surface area contributed by atoms with Gasteiger partial charge in [-0.15, -0.1) is 11.8 Å². The van der Waals surface area contributed by atoms with Crippen molar-refractivity contribution in [1.29, 1.82) is 0 Å². The van der Waals surface area contributed by atoms with Crippen LogP contribution in [0.3, 0.4) is 0 Å². The number of thioether (sulfide) groups is 1. The average molecular weight is 706 g/mol. The normalized spacial score (nSPS) is 16.2. The number of anilines is 1. The lowest BCUT2D eigenvalue weighted by molar-refractivity contribution is -0.102. The molecule has 1 aliphatic heterocycles. The third-order valence-electron chi connectivity index (χ3n) is 7.24. The van der Waals surface area contributed by atoms with E-state index in [1.807, 2.05) is 48.5 Å². The summed E-state index contributed by atoms with van der Waals surface area (Å²) in [5.41, 5.74) is 1.24. The van der Waals surface area contributed by atoms with Gasteiger partial charge in [0.1, 0.15) is 0 Å². The molecule has 0 bridgehead atoms. The molecule has 2 amide bonds. The Bertz CT molecular complexity index is 1460. The van der Waals surface area contributed by atoms with E-state index >= 15 is 0 Å². The number of carbonyl (C=O) groups excluding carboxylic acids is 1. The summed E-state index contributed by atoms with van der Waals surface area (Å²) in [6.07, 6.45) is 0.930. The SMILES string of the molecule is COc1cc(C2CCC(c3cc(OC)c(OC)c(OC)c3)O2)cc(NC(=O)N(O)C(C)(C)C)c1OCCSc1ccccc1Br. The van der Waals surface area contributed by atoms with E-state index in [1.54, 1.807) is 61.0 Å². The maximum Gasteiger partial charge on any atom is 0.346 e. The number of hydroxylamine groups is 2. The van der Waals surface area contributed by atoms with Crippen LogP contribution in [0.5, 0.6) is 28.7 Å². The molecule has 2 atom stereocenters. The first kappa shape index (κ1) is 34.6. The van der Waals surface area contributed by atoms with Gasteiger partial charge in [-0.2, -0.15) is 0 Å². The number of carbonyl (C=O) groups is 1. The number of nitrogens with one attached hydrogen (secondary N) is 1. The van der Waals surface area contributed by atoms with Gasteiger partial charge in [0, 0.05) is 15.1 Å². The fourth-order valence-corrected chi connectivity index (χ4v) is 6.34. The van der Waals surface area contributed by atoms with Gasteiger partial charge < -0.3 is 33.7 Å². The van der Waals surface area contributed by atoms with E-state index in [-0.39, 0.29) is 12.2 Å². The molecule has 3 aromatic carbocycles. The van der Waals surface area contributed by atoms with Crippen LogP contribution in [0.2, 0.25) is 0 Å². The number of nitrogens with zero attached hydrogens (tertiary/aromatic N) is 1. The van der Waals surface area contributed by atoms with Crippen molar-refractivity contribution in [2.75, 3.05) is 46.1 Å². The fraction of sp³-hybridized carbons (Fsp3) is 0.424. The Morgan fingerprint density at radius 1 is 0.933 bits per heavy atom. The number of amides is 2. The summed E-state index contributed by atoms with van der Waals surface area (Å²) in [6, 6.07) is 14.8. The van der Waals surface area contributed by atoms with Gasteiger partial charge in [0.2, 0.25) is 5.75 Å². The molecular weight excluding hydrogens is 664 g/mol. The fourth-order valence-electron chi connectivity index (χ4n) is 4.95. The molecule has 1 heterocycles. The van der Waals surface area contributed by atoms with Crippen LogP contribution in [0.1, 0.15) is 56.9 Å². The number of halogens is 1. The summed E-state index contributed by atoms with van der Waals surface area (Å²) < 4.78 is 36.1. The van der Waals surface area contributed by atoms with Gasteiger partial charge in [-0.25, -0.2) is 9.86 Å². The number of methoxy groups -OCH3 is 4. The first-order valence-corrected chi connectivity index (χ1v) is 16.3. The lowest BCUT2D eigenvalue weighted by atomic mass is 10.0. The van der Waals surface area contributed by atoms with E-state index in [0.29, 0.717) is 51.9 Å². The number of hydrogen-bond acceptors (Lipinski definition) is 9. The van der Waals surface area contributed by atoms with Crippen LogP contribution in [0.25, 0.3) is 0 Å². The highest BCUT2D eigenvalue weighted by Crippen LogP contribution is 2.48. The van der Waals surface area contributed by atoms with Crippen molar-refractivity contribution < 1.29 is 38.4 Å². The zero-order valence-electron chi connectivity index (χ0n) is 26.6. The van der Waals surface area contributed by atoms with E-state index in [2.05, 4.69) is 21.2 Å². The average Bonchev–Trinajstić information content (AvgIpc) is 3.53. The van der Waals surface area contributed by atoms with Gasteiger partial charge in [-0.1, -0.05) is 12.1 Å². The second-order valence-corrected chi connectivity index (χ2v) is 13.3. The van der Waals surface area contributed by atoms with E-state index in [0.717, 1.165) is 33.3 Å². The Hall–Kier alpha value is -3.32. The molecule has 244 valence electrons. The molecule has 10 nitrogen and oxygen atoms in total. The van der Waals surface area contributed by atoms with Crippen LogP contribution in [0, 0.1) is 0 Å². The predicted molar refractivity (Wildman–Crippen MR) is 178 cm³/mol. The van der Waals surface area contributed by atoms with Gasteiger partial charge in [0.25, 0.3) is 0 Å². The molecule has 2 N–H and O–H groups in total. The van der Waals surface area contributed by atoms with Gasteiger partial charge in [-0.3, -0.25) is 5.21 Å². The molecule has 0 spiro atoms. The number of hydrogen-bond donors (Lipinski definition) is 2. The quantitative estimate of drug-likeness (QED) is 0.0834. The molecule has 3 aromatic rings. The largest absolute Gasteiger partial charge is 0.493 e. The summed E-state index contributed by atoms with van der Waals surface area (Å²) in [5.74, 6) is 3.08. The minimum Gasteiger partial charge on any atom is -0.493 e. The summed E-state index contributed by atoms with van der Waals surface area (Å²) >= 11 is 5.22.